The van der Waals surface area contributed by atoms with Crippen LogP contribution in [0.25, 0.3) is 0 Å². The molecule has 10 heavy (non-hydrogen) atoms. The van der Waals surface area contributed by atoms with Crippen molar-refractivity contribution in [1.82, 2.24) is 0 Å². The summed E-state index contributed by atoms with van der Waals surface area (Å²) >= 11 is 0. The van der Waals surface area contributed by atoms with E-state index in [-0.39, 0.29) is 5.92 Å². The van der Waals surface area contributed by atoms with Crippen LogP contribution >= 0.6 is 0 Å². The molecule has 60 valence electrons. The van der Waals surface area contributed by atoms with Gasteiger partial charge in [-0.15, -0.1) is 0 Å². The van der Waals surface area contributed by atoms with E-state index in [9.17, 15) is 4.39 Å². The molecule has 0 bridgehead atoms. The van der Waals surface area contributed by atoms with Gasteiger partial charge in [0.15, 0.2) is 0 Å². The van der Waals surface area contributed by atoms with E-state index >= 15 is 0 Å². The molecule has 0 spiro atoms. The van der Waals surface area contributed by atoms with Crippen LogP contribution in [-0.4, -0.2) is 6.17 Å². The zero-order chi connectivity index (χ0) is 8.15. The molecular formula is C9H17F. The van der Waals surface area contributed by atoms with Gasteiger partial charge in [-0.3, -0.25) is 0 Å². The Morgan fingerprint density at radius 2 is 2.10 bits per heavy atom. The van der Waals surface area contributed by atoms with Crippen LogP contribution in [0.3, 0.4) is 0 Å². The predicted octanol–water partition coefficient (Wildman–Crippen LogP) is 3.34. The summed E-state index contributed by atoms with van der Waals surface area (Å²) in [5, 5.41) is 0. The highest BCUT2D eigenvalue weighted by molar-refractivity contribution is 5.04. The average molecular weight is 144 g/mol. The van der Waals surface area contributed by atoms with Crippen molar-refractivity contribution >= 4 is 0 Å². The smallest absolute Gasteiger partial charge is 0.123 e. The summed E-state index contributed by atoms with van der Waals surface area (Å²) in [6, 6.07) is 0. The van der Waals surface area contributed by atoms with E-state index in [2.05, 4.69) is 0 Å². The van der Waals surface area contributed by atoms with Crippen LogP contribution in [-0.2, 0) is 0 Å². The molecule has 0 rings (SSSR count). The third kappa shape index (κ3) is 2.51. The minimum absolute atomic E-state index is 0.163. The van der Waals surface area contributed by atoms with Crippen molar-refractivity contribution < 1.29 is 4.39 Å². The lowest BCUT2D eigenvalue weighted by Gasteiger charge is -2.14. The number of allylic oxidation sites excluding steroid dienone is 2. The Labute approximate surface area is 63.1 Å². The second-order valence-corrected chi connectivity index (χ2v) is 2.82. The van der Waals surface area contributed by atoms with E-state index in [4.69, 9.17) is 0 Å². The van der Waals surface area contributed by atoms with Gasteiger partial charge in [0, 0.05) is 0 Å². The maximum Gasteiger partial charge on any atom is 0.123 e. The Morgan fingerprint density at radius 1 is 1.60 bits per heavy atom. The van der Waals surface area contributed by atoms with E-state index in [0.29, 0.717) is 0 Å². The normalized spacial score (nSPS) is 18.7. The predicted molar refractivity (Wildman–Crippen MR) is 43.8 cm³/mol. The summed E-state index contributed by atoms with van der Waals surface area (Å²) in [6.07, 6.45) is 2.01. The average Bonchev–Trinajstić information content (AvgIpc) is 2.00. The minimum atomic E-state index is -0.741. The highest BCUT2D eigenvalue weighted by Crippen LogP contribution is 2.18. The quantitative estimate of drug-likeness (QED) is 0.533. The zero-order valence-electron chi connectivity index (χ0n) is 7.32. The molecule has 0 aliphatic rings. The number of hydrogen-bond donors (Lipinski definition) is 0. The fourth-order valence-electron chi connectivity index (χ4n) is 0.815. The summed E-state index contributed by atoms with van der Waals surface area (Å²) in [6.45, 7) is 7.68. The van der Waals surface area contributed by atoms with E-state index in [1.165, 1.54) is 0 Å². The lowest BCUT2D eigenvalue weighted by Crippen LogP contribution is -2.12. The molecule has 0 heterocycles. The van der Waals surface area contributed by atoms with Gasteiger partial charge in [0.25, 0.3) is 0 Å². The maximum atomic E-state index is 13.1. The Hall–Kier alpha value is -0.330. The molecule has 0 aromatic rings. The van der Waals surface area contributed by atoms with Gasteiger partial charge < -0.3 is 0 Å². The molecular weight excluding hydrogens is 127 g/mol. The second kappa shape index (κ2) is 4.48. The molecule has 0 nitrogen and oxygen atoms in total. The van der Waals surface area contributed by atoms with Crippen LogP contribution in [0.2, 0.25) is 0 Å². The van der Waals surface area contributed by atoms with Crippen molar-refractivity contribution in [3.63, 3.8) is 0 Å². The van der Waals surface area contributed by atoms with Gasteiger partial charge in [-0.2, -0.15) is 0 Å². The van der Waals surface area contributed by atoms with Gasteiger partial charge in [-0.05, 0) is 25.3 Å². The molecule has 0 amide bonds. The first-order valence-corrected chi connectivity index (χ1v) is 3.90. The highest BCUT2D eigenvalue weighted by atomic mass is 19.1. The van der Waals surface area contributed by atoms with Crippen molar-refractivity contribution in [3.8, 4) is 0 Å². The van der Waals surface area contributed by atoms with Gasteiger partial charge >= 0.3 is 0 Å². The first-order chi connectivity index (χ1) is 4.63. The lowest BCUT2D eigenvalue weighted by atomic mass is 9.97. The lowest BCUT2D eigenvalue weighted by molar-refractivity contribution is 0.276. The van der Waals surface area contributed by atoms with Crippen molar-refractivity contribution in [3.05, 3.63) is 11.6 Å². The maximum absolute atomic E-state index is 13.1. The molecule has 0 saturated carbocycles. The SMILES string of the molecule is C/C=C(/C)C(F)C(C)CC. The molecule has 0 radical (unpaired) electrons. The molecule has 1 heteroatoms. The molecule has 0 fully saturated rings. The largest absolute Gasteiger partial charge is 0.242 e. The van der Waals surface area contributed by atoms with E-state index < -0.39 is 6.17 Å². The van der Waals surface area contributed by atoms with E-state index in [1.807, 2.05) is 33.8 Å². The number of rotatable bonds is 3. The van der Waals surface area contributed by atoms with Crippen LogP contribution in [0, 0.1) is 5.92 Å². The molecule has 0 aliphatic carbocycles. The van der Waals surface area contributed by atoms with Gasteiger partial charge in [0.2, 0.25) is 0 Å². The van der Waals surface area contributed by atoms with Gasteiger partial charge in [-0.25, -0.2) is 4.39 Å². The number of alkyl halides is 1. The van der Waals surface area contributed by atoms with Crippen LogP contribution < -0.4 is 0 Å². The van der Waals surface area contributed by atoms with Crippen molar-refractivity contribution in [2.45, 2.75) is 40.3 Å². The van der Waals surface area contributed by atoms with Gasteiger partial charge in [0.05, 0.1) is 0 Å². The first-order valence-electron chi connectivity index (χ1n) is 3.90. The number of hydrogen-bond acceptors (Lipinski definition) is 0. The number of halogens is 1. The molecule has 0 aliphatic heterocycles. The Morgan fingerprint density at radius 3 is 2.40 bits per heavy atom. The topological polar surface area (TPSA) is 0 Å². The van der Waals surface area contributed by atoms with Crippen LogP contribution in [0.1, 0.15) is 34.1 Å². The molecule has 2 unspecified atom stereocenters. The third-order valence-corrected chi connectivity index (χ3v) is 2.03. The Kier molecular flexibility index (Phi) is 4.33. The zero-order valence-corrected chi connectivity index (χ0v) is 7.32. The van der Waals surface area contributed by atoms with Gasteiger partial charge in [0.1, 0.15) is 6.17 Å². The van der Waals surface area contributed by atoms with Crippen molar-refractivity contribution in [2.75, 3.05) is 0 Å². The molecule has 0 aromatic heterocycles. The van der Waals surface area contributed by atoms with E-state index in [0.717, 1.165) is 12.0 Å². The monoisotopic (exact) mass is 144 g/mol. The van der Waals surface area contributed by atoms with Crippen LogP contribution in [0.5, 0.6) is 0 Å². The summed E-state index contributed by atoms with van der Waals surface area (Å²) in [5.74, 6) is 0.163. The first kappa shape index (κ1) is 9.67. The fourth-order valence-corrected chi connectivity index (χ4v) is 0.815. The summed E-state index contributed by atoms with van der Waals surface area (Å²) < 4.78 is 13.1. The minimum Gasteiger partial charge on any atom is -0.242 e. The molecule has 0 aromatic carbocycles. The standard InChI is InChI=1S/C9H17F/c1-5-7(3)9(10)8(4)6-2/h5,8-9H,6H2,1-4H3/b7-5-. The Bertz CT molecular complexity index is 116. The second-order valence-electron chi connectivity index (χ2n) is 2.82. The summed E-state index contributed by atoms with van der Waals surface area (Å²) in [5.41, 5.74) is 0.856. The van der Waals surface area contributed by atoms with Crippen LogP contribution in [0.15, 0.2) is 11.6 Å². The molecule has 2 atom stereocenters. The fraction of sp³-hybridized carbons (Fsp3) is 0.778. The molecule has 0 N–H and O–H groups in total. The van der Waals surface area contributed by atoms with E-state index in [1.54, 1.807) is 0 Å². The van der Waals surface area contributed by atoms with Crippen LogP contribution in [0.4, 0.5) is 4.39 Å². The van der Waals surface area contributed by atoms with Crippen molar-refractivity contribution in [1.29, 1.82) is 0 Å². The van der Waals surface area contributed by atoms with Gasteiger partial charge in [-0.1, -0.05) is 26.3 Å². The molecule has 0 saturated heterocycles. The Balaban J connectivity index is 3.94. The summed E-state index contributed by atoms with van der Waals surface area (Å²) in [7, 11) is 0. The highest BCUT2D eigenvalue weighted by Gasteiger charge is 2.14. The third-order valence-electron chi connectivity index (χ3n) is 2.03. The van der Waals surface area contributed by atoms with Crippen molar-refractivity contribution in [2.24, 2.45) is 5.92 Å². The summed E-state index contributed by atoms with van der Waals surface area (Å²) in [4.78, 5) is 0.